The summed E-state index contributed by atoms with van der Waals surface area (Å²) in [5, 5.41) is 11.0. The van der Waals surface area contributed by atoms with Crippen LogP contribution in [0.25, 0.3) is 56.1 Å². The van der Waals surface area contributed by atoms with E-state index in [1.54, 1.807) is 18.6 Å². The number of nitrogens with zero attached hydrogens (tertiary/aromatic N) is 6. The molecule has 0 radical (unpaired) electrons. The van der Waals surface area contributed by atoms with Gasteiger partial charge in [0.15, 0.2) is 17.1 Å². The number of fused-ring (bicyclic) bond motifs is 2. The van der Waals surface area contributed by atoms with Crippen molar-refractivity contribution in [1.29, 1.82) is 0 Å². The van der Waals surface area contributed by atoms with Crippen molar-refractivity contribution < 1.29 is 4.39 Å². The van der Waals surface area contributed by atoms with Crippen LogP contribution in [-0.4, -0.2) is 46.6 Å². The van der Waals surface area contributed by atoms with Gasteiger partial charge in [-0.05, 0) is 55.1 Å². The summed E-state index contributed by atoms with van der Waals surface area (Å²) >= 11 is 0. The molecular weight excluding hydrogens is 493 g/mol. The fraction of sp³-hybridized carbons (Fsp3) is 0.241. The summed E-state index contributed by atoms with van der Waals surface area (Å²) in [5.74, 6) is 0.714. The van der Waals surface area contributed by atoms with Crippen molar-refractivity contribution in [2.45, 2.75) is 32.2 Å². The highest BCUT2D eigenvalue weighted by molar-refractivity contribution is 5.96. The third kappa shape index (κ3) is 4.42. The number of nitrogens with one attached hydrogen (secondary N) is 3. The zero-order valence-corrected chi connectivity index (χ0v) is 21.2. The molecule has 0 amide bonds. The molecule has 0 unspecified atom stereocenters. The lowest BCUT2D eigenvalue weighted by Gasteiger charge is -2.11. The van der Waals surface area contributed by atoms with E-state index in [2.05, 4.69) is 40.4 Å². The maximum absolute atomic E-state index is 16.1. The second-order valence-corrected chi connectivity index (χ2v) is 10.0. The van der Waals surface area contributed by atoms with Crippen LogP contribution in [-0.2, 0) is 6.54 Å². The van der Waals surface area contributed by atoms with E-state index >= 15 is 4.39 Å². The molecule has 1 aliphatic carbocycles. The Morgan fingerprint density at radius 1 is 0.949 bits per heavy atom. The normalized spacial score (nSPS) is 14.1. The van der Waals surface area contributed by atoms with Crippen LogP contribution in [0.15, 0.2) is 61.3 Å². The fourth-order valence-corrected chi connectivity index (χ4v) is 5.45. The summed E-state index contributed by atoms with van der Waals surface area (Å²) in [4.78, 5) is 25.6. The van der Waals surface area contributed by atoms with E-state index in [4.69, 9.17) is 4.98 Å². The maximum Gasteiger partial charge on any atom is 0.161 e. The van der Waals surface area contributed by atoms with E-state index in [1.165, 1.54) is 31.9 Å². The summed E-state index contributed by atoms with van der Waals surface area (Å²) in [6, 6.07) is 9.52. The van der Waals surface area contributed by atoms with Crippen molar-refractivity contribution in [3.63, 3.8) is 0 Å². The summed E-state index contributed by atoms with van der Waals surface area (Å²) in [6.07, 6.45) is 13.7. The molecule has 0 aromatic carbocycles. The van der Waals surface area contributed by atoms with Gasteiger partial charge in [-0.1, -0.05) is 18.9 Å². The smallest absolute Gasteiger partial charge is 0.161 e. The van der Waals surface area contributed by atoms with Crippen LogP contribution in [0.2, 0.25) is 0 Å². The van der Waals surface area contributed by atoms with Crippen LogP contribution in [0.4, 0.5) is 4.39 Å². The lowest BCUT2D eigenvalue weighted by Crippen LogP contribution is -2.20. The standard InChI is InChI=1S/C29H26FN9/c30-24-21(19-11-18(14-32-15-19)13-31-12-17-5-1-2-6-17)16-35-27-23(24)26(38-39-27)29-36-25-20(8-10-34-28(25)37-29)22-7-3-4-9-33-22/h3-4,7-11,14-17,31H,1-2,5-6,12-13H2,(H,34,36,37)(H,35,38,39). The number of halogens is 1. The number of aromatic nitrogens is 8. The van der Waals surface area contributed by atoms with Gasteiger partial charge in [-0.25, -0.2) is 19.3 Å². The molecule has 0 aliphatic heterocycles. The van der Waals surface area contributed by atoms with Gasteiger partial charge < -0.3 is 10.3 Å². The molecule has 0 spiro atoms. The van der Waals surface area contributed by atoms with Crippen LogP contribution in [0.1, 0.15) is 31.2 Å². The molecule has 39 heavy (non-hydrogen) atoms. The van der Waals surface area contributed by atoms with Gasteiger partial charge in [0.2, 0.25) is 0 Å². The Balaban J connectivity index is 1.24. The number of imidazole rings is 1. The van der Waals surface area contributed by atoms with Gasteiger partial charge >= 0.3 is 0 Å². The van der Waals surface area contributed by atoms with Crippen LogP contribution in [0, 0.1) is 11.7 Å². The van der Waals surface area contributed by atoms with E-state index in [-0.39, 0.29) is 5.39 Å². The monoisotopic (exact) mass is 519 g/mol. The molecule has 0 atom stereocenters. The van der Waals surface area contributed by atoms with Crippen LogP contribution < -0.4 is 5.32 Å². The van der Waals surface area contributed by atoms with Crippen LogP contribution >= 0.6 is 0 Å². The zero-order valence-electron chi connectivity index (χ0n) is 21.2. The zero-order chi connectivity index (χ0) is 26.2. The van der Waals surface area contributed by atoms with Gasteiger partial charge in [0.05, 0.1) is 11.1 Å². The summed E-state index contributed by atoms with van der Waals surface area (Å²) in [6.45, 7) is 1.69. The minimum absolute atomic E-state index is 0.260. The molecule has 3 N–H and O–H groups in total. The quantitative estimate of drug-likeness (QED) is 0.257. The second kappa shape index (κ2) is 9.95. The highest BCUT2D eigenvalue weighted by Gasteiger charge is 2.22. The first-order valence-corrected chi connectivity index (χ1v) is 13.2. The Hall–Kier alpha value is -4.57. The first kappa shape index (κ1) is 23.5. The molecule has 1 saturated carbocycles. The van der Waals surface area contributed by atoms with Gasteiger partial charge in [-0.3, -0.25) is 15.1 Å². The number of hydrogen-bond donors (Lipinski definition) is 3. The summed E-state index contributed by atoms with van der Waals surface area (Å²) in [5.41, 5.74) is 5.50. The van der Waals surface area contributed by atoms with Gasteiger partial charge in [0.25, 0.3) is 0 Å². The minimum atomic E-state index is -0.431. The van der Waals surface area contributed by atoms with Crippen molar-refractivity contribution in [2.24, 2.45) is 5.92 Å². The Labute approximate surface area is 223 Å². The molecule has 7 rings (SSSR count). The largest absolute Gasteiger partial charge is 0.321 e. The van der Waals surface area contributed by atoms with Crippen molar-refractivity contribution in [3.05, 3.63) is 72.7 Å². The second-order valence-electron chi connectivity index (χ2n) is 10.0. The summed E-state index contributed by atoms with van der Waals surface area (Å²) < 4.78 is 16.1. The lowest BCUT2D eigenvalue weighted by atomic mass is 10.0. The molecule has 10 heteroatoms. The van der Waals surface area contributed by atoms with Crippen molar-refractivity contribution in [1.82, 2.24) is 45.4 Å². The van der Waals surface area contributed by atoms with Crippen LogP contribution in [0.5, 0.6) is 0 Å². The Morgan fingerprint density at radius 2 is 1.87 bits per heavy atom. The molecule has 6 heterocycles. The molecule has 0 bridgehead atoms. The predicted molar refractivity (Wildman–Crippen MR) is 147 cm³/mol. The highest BCUT2D eigenvalue weighted by Crippen LogP contribution is 2.34. The van der Waals surface area contributed by atoms with Crippen LogP contribution in [0.3, 0.4) is 0 Å². The molecule has 194 valence electrons. The minimum Gasteiger partial charge on any atom is -0.321 e. The molecule has 6 aromatic heterocycles. The number of H-pyrrole nitrogens is 2. The lowest BCUT2D eigenvalue weighted by molar-refractivity contribution is 0.489. The number of rotatable bonds is 7. The Bertz CT molecular complexity index is 1770. The summed E-state index contributed by atoms with van der Waals surface area (Å²) in [7, 11) is 0. The molecule has 1 aliphatic rings. The first-order chi connectivity index (χ1) is 19.2. The van der Waals surface area contributed by atoms with Crippen molar-refractivity contribution in [3.8, 4) is 33.9 Å². The van der Waals surface area contributed by atoms with Gasteiger partial charge in [0, 0.05) is 54.2 Å². The average Bonchev–Trinajstić information content (AvgIpc) is 3.73. The molecule has 0 saturated heterocycles. The van der Waals surface area contributed by atoms with E-state index in [9.17, 15) is 0 Å². The van der Waals surface area contributed by atoms with Crippen molar-refractivity contribution in [2.75, 3.05) is 6.54 Å². The molecular formula is C29H26FN9. The SMILES string of the molecule is Fc1c(-c2cncc(CNCC3CCCC3)c2)cnc2[nH]nc(-c3nc4c(-c5ccccn5)ccnc4[nH]3)c12. The van der Waals surface area contributed by atoms with E-state index in [0.29, 0.717) is 46.0 Å². The molecule has 6 aromatic rings. The first-order valence-electron chi connectivity index (χ1n) is 13.2. The Kier molecular flexibility index (Phi) is 6.01. The molecule has 9 nitrogen and oxygen atoms in total. The van der Waals surface area contributed by atoms with Gasteiger partial charge in [-0.2, -0.15) is 5.10 Å². The van der Waals surface area contributed by atoms with E-state index < -0.39 is 5.82 Å². The fourth-order valence-electron chi connectivity index (χ4n) is 5.45. The number of aromatic amines is 2. The van der Waals surface area contributed by atoms with Gasteiger partial charge in [0.1, 0.15) is 17.0 Å². The topological polar surface area (TPSA) is 121 Å². The van der Waals surface area contributed by atoms with E-state index in [0.717, 1.165) is 29.3 Å². The molecule has 1 fully saturated rings. The highest BCUT2D eigenvalue weighted by atomic mass is 19.1. The van der Waals surface area contributed by atoms with Crippen molar-refractivity contribution >= 4 is 22.2 Å². The van der Waals surface area contributed by atoms with E-state index in [1.807, 2.05) is 36.5 Å². The number of pyridine rings is 4. The Morgan fingerprint density at radius 3 is 2.74 bits per heavy atom. The maximum atomic E-state index is 16.1. The average molecular weight is 520 g/mol. The third-order valence-electron chi connectivity index (χ3n) is 7.42. The third-order valence-corrected chi connectivity index (χ3v) is 7.42. The number of hydrogen-bond acceptors (Lipinski definition) is 7. The van der Waals surface area contributed by atoms with Gasteiger partial charge in [-0.15, -0.1) is 0 Å². The predicted octanol–water partition coefficient (Wildman–Crippen LogP) is 5.44.